The van der Waals surface area contributed by atoms with Gasteiger partial charge in [-0.3, -0.25) is 0 Å². The first-order valence-electron chi connectivity index (χ1n) is 4.51. The third-order valence-corrected chi connectivity index (χ3v) is 4.30. The second-order valence-electron chi connectivity index (χ2n) is 3.28. The lowest BCUT2D eigenvalue weighted by Gasteiger charge is -2.25. The molecule has 0 spiro atoms. The van der Waals surface area contributed by atoms with E-state index in [2.05, 4.69) is 93.7 Å². The van der Waals surface area contributed by atoms with Crippen LogP contribution in [0.15, 0.2) is 48.6 Å². The van der Waals surface area contributed by atoms with Gasteiger partial charge in [-0.1, -0.05) is 93.7 Å². The van der Waals surface area contributed by atoms with Gasteiger partial charge in [0.25, 0.3) is 0 Å². The van der Waals surface area contributed by atoms with Crippen molar-refractivity contribution < 1.29 is 0 Å². The van der Waals surface area contributed by atoms with Gasteiger partial charge in [0.05, 0.1) is 0 Å². The van der Waals surface area contributed by atoms with E-state index in [9.17, 15) is 0 Å². The molecule has 0 saturated carbocycles. The molecule has 0 N–H and O–H groups in total. The number of hydrogen-bond acceptors (Lipinski definition) is 0. The van der Waals surface area contributed by atoms with Crippen LogP contribution in [-0.4, -0.2) is 1.43 Å². The van der Waals surface area contributed by atoms with E-state index < -0.39 is 0 Å². The Balaban J connectivity index is 2.43. The predicted octanol–water partition coefficient (Wildman–Crippen LogP) is 4.60. The standard InChI is InChI=1S/C12H10I2/c13-12(14)9-5-4-8-11(12)10-6-2-1-3-7-10/h1-8H,9H2. The number of rotatable bonds is 1. The second kappa shape index (κ2) is 4.35. The first kappa shape index (κ1) is 10.7. The van der Waals surface area contributed by atoms with E-state index in [4.69, 9.17) is 0 Å². The largest absolute Gasteiger partial charge is 0.102 e. The molecule has 0 saturated heterocycles. The van der Waals surface area contributed by atoms with Gasteiger partial charge in [-0.2, -0.15) is 0 Å². The summed E-state index contributed by atoms with van der Waals surface area (Å²) in [5, 5.41) is 0. The third kappa shape index (κ3) is 2.21. The normalized spacial score (nSPS) is 19.1. The van der Waals surface area contributed by atoms with Crippen LogP contribution in [0.3, 0.4) is 0 Å². The lowest BCUT2D eigenvalue weighted by molar-refractivity contribution is 1.08. The van der Waals surface area contributed by atoms with Crippen molar-refractivity contribution in [3.05, 3.63) is 54.1 Å². The van der Waals surface area contributed by atoms with E-state index in [0.717, 1.165) is 6.42 Å². The topological polar surface area (TPSA) is 0 Å². The highest BCUT2D eigenvalue weighted by Crippen LogP contribution is 2.46. The minimum Gasteiger partial charge on any atom is -0.0821 e. The molecule has 1 aromatic rings. The Morgan fingerprint density at radius 3 is 2.43 bits per heavy atom. The van der Waals surface area contributed by atoms with Crippen molar-refractivity contribution in [3.63, 3.8) is 0 Å². The summed E-state index contributed by atoms with van der Waals surface area (Å²) >= 11 is 5.05. The molecule has 0 amide bonds. The first-order valence-corrected chi connectivity index (χ1v) is 6.66. The van der Waals surface area contributed by atoms with Crippen LogP contribution in [0.4, 0.5) is 0 Å². The summed E-state index contributed by atoms with van der Waals surface area (Å²) in [7, 11) is 0. The van der Waals surface area contributed by atoms with E-state index in [-0.39, 0.29) is 1.43 Å². The van der Waals surface area contributed by atoms with E-state index >= 15 is 0 Å². The maximum atomic E-state index is 2.52. The van der Waals surface area contributed by atoms with Crippen molar-refractivity contribution in [2.45, 2.75) is 7.85 Å². The summed E-state index contributed by atoms with van der Waals surface area (Å²) < 4.78 is 0.214. The van der Waals surface area contributed by atoms with Crippen LogP contribution in [0.5, 0.6) is 0 Å². The van der Waals surface area contributed by atoms with E-state index in [1.54, 1.807) is 0 Å². The van der Waals surface area contributed by atoms with Gasteiger partial charge in [-0.05, 0) is 17.6 Å². The fourth-order valence-electron chi connectivity index (χ4n) is 1.54. The number of halogens is 2. The summed E-state index contributed by atoms with van der Waals surface area (Å²) in [6, 6.07) is 10.6. The molecular formula is C12H10I2. The van der Waals surface area contributed by atoms with Gasteiger partial charge in [0.15, 0.2) is 0 Å². The zero-order chi connectivity index (χ0) is 10.0. The van der Waals surface area contributed by atoms with E-state index in [1.165, 1.54) is 11.1 Å². The van der Waals surface area contributed by atoms with Gasteiger partial charge >= 0.3 is 0 Å². The molecule has 14 heavy (non-hydrogen) atoms. The molecule has 0 atom stereocenters. The van der Waals surface area contributed by atoms with Crippen LogP contribution in [-0.2, 0) is 0 Å². The zero-order valence-corrected chi connectivity index (χ0v) is 11.9. The highest BCUT2D eigenvalue weighted by molar-refractivity contribution is 14.2. The maximum Gasteiger partial charge on any atom is 0.102 e. The zero-order valence-electron chi connectivity index (χ0n) is 7.58. The van der Waals surface area contributed by atoms with Gasteiger partial charge in [0, 0.05) is 0 Å². The summed E-state index contributed by atoms with van der Waals surface area (Å²) in [6.45, 7) is 0. The minimum absolute atomic E-state index is 0.214. The Morgan fingerprint density at radius 1 is 1.07 bits per heavy atom. The SMILES string of the molecule is IC1(I)CC=CC=C1c1ccccc1. The minimum atomic E-state index is 0.214. The number of allylic oxidation sites excluding steroid dienone is 4. The Labute approximate surface area is 112 Å². The van der Waals surface area contributed by atoms with E-state index in [0.29, 0.717) is 0 Å². The average Bonchev–Trinajstić information content (AvgIpc) is 2.18. The quantitative estimate of drug-likeness (QED) is 0.471. The molecule has 0 fully saturated rings. The Bertz CT molecular complexity index is 375. The highest BCUT2D eigenvalue weighted by Gasteiger charge is 2.28. The lowest BCUT2D eigenvalue weighted by Crippen LogP contribution is -2.14. The smallest absolute Gasteiger partial charge is 0.0821 e. The monoisotopic (exact) mass is 408 g/mol. The molecular weight excluding hydrogens is 398 g/mol. The van der Waals surface area contributed by atoms with Crippen LogP contribution in [0.1, 0.15) is 12.0 Å². The van der Waals surface area contributed by atoms with Crippen LogP contribution in [0.2, 0.25) is 0 Å². The molecule has 72 valence electrons. The van der Waals surface area contributed by atoms with Crippen LogP contribution in [0.25, 0.3) is 5.57 Å². The highest BCUT2D eigenvalue weighted by atomic mass is 127. The predicted molar refractivity (Wildman–Crippen MR) is 78.9 cm³/mol. The fraction of sp³-hybridized carbons (Fsp3) is 0.167. The Morgan fingerprint density at radius 2 is 1.79 bits per heavy atom. The van der Waals surface area contributed by atoms with Crippen molar-refractivity contribution in [2.75, 3.05) is 0 Å². The molecule has 1 aliphatic carbocycles. The van der Waals surface area contributed by atoms with E-state index in [1.807, 2.05) is 0 Å². The van der Waals surface area contributed by atoms with Crippen molar-refractivity contribution in [3.8, 4) is 0 Å². The van der Waals surface area contributed by atoms with Crippen LogP contribution in [0, 0.1) is 0 Å². The van der Waals surface area contributed by atoms with Gasteiger partial charge in [0.1, 0.15) is 1.43 Å². The van der Waals surface area contributed by atoms with Crippen molar-refractivity contribution in [1.29, 1.82) is 0 Å². The summed E-state index contributed by atoms with van der Waals surface area (Å²) in [6.07, 6.45) is 7.70. The lowest BCUT2D eigenvalue weighted by atomic mass is 9.97. The second-order valence-corrected chi connectivity index (χ2v) is 9.03. The van der Waals surface area contributed by atoms with Crippen molar-refractivity contribution >= 4 is 50.8 Å². The Kier molecular flexibility index (Phi) is 3.31. The molecule has 1 aliphatic rings. The summed E-state index contributed by atoms with van der Waals surface area (Å²) in [5.41, 5.74) is 2.75. The molecule has 0 nitrogen and oxygen atoms in total. The molecule has 0 heterocycles. The van der Waals surface area contributed by atoms with Crippen molar-refractivity contribution in [2.24, 2.45) is 0 Å². The average molecular weight is 408 g/mol. The molecule has 2 heteroatoms. The molecule has 0 aliphatic heterocycles. The van der Waals surface area contributed by atoms with Crippen LogP contribution < -0.4 is 0 Å². The fourth-order valence-corrected chi connectivity index (χ4v) is 3.03. The van der Waals surface area contributed by atoms with Gasteiger partial charge in [-0.25, -0.2) is 0 Å². The molecule has 2 rings (SSSR count). The van der Waals surface area contributed by atoms with Gasteiger partial charge < -0.3 is 0 Å². The number of alkyl halides is 2. The maximum absolute atomic E-state index is 2.52. The summed E-state index contributed by atoms with van der Waals surface area (Å²) in [4.78, 5) is 0. The van der Waals surface area contributed by atoms with Crippen molar-refractivity contribution in [1.82, 2.24) is 0 Å². The third-order valence-electron chi connectivity index (χ3n) is 2.25. The van der Waals surface area contributed by atoms with Gasteiger partial charge in [-0.15, -0.1) is 0 Å². The first-order chi connectivity index (χ1) is 6.70. The molecule has 0 radical (unpaired) electrons. The van der Waals surface area contributed by atoms with Crippen LogP contribution >= 0.6 is 45.2 Å². The van der Waals surface area contributed by atoms with Gasteiger partial charge in [0.2, 0.25) is 0 Å². The molecule has 0 aromatic heterocycles. The number of benzene rings is 1. The number of hydrogen-bond donors (Lipinski definition) is 0. The molecule has 1 aromatic carbocycles. The Hall–Kier alpha value is 0.160. The molecule has 0 bridgehead atoms. The summed E-state index contributed by atoms with van der Waals surface area (Å²) in [5.74, 6) is 0. The molecule has 0 unspecified atom stereocenters.